The SMILES string of the molecule is C=CC(=O)N1CCN(c2nc(OCCCCCNC(C)C)nc3c2CCN(c2cc(O)cc4ccccc24)C3)CC1. The van der Waals surface area contributed by atoms with Crippen LogP contribution >= 0.6 is 0 Å². The number of nitrogens with one attached hydrogen (secondary N) is 1. The molecule has 1 saturated heterocycles. The summed E-state index contributed by atoms with van der Waals surface area (Å²) in [6, 6.07) is 12.7. The molecule has 1 fully saturated rings. The smallest absolute Gasteiger partial charge is 0.318 e. The minimum absolute atomic E-state index is 0.0315. The molecule has 218 valence electrons. The molecule has 9 nitrogen and oxygen atoms in total. The van der Waals surface area contributed by atoms with Gasteiger partial charge in [-0.2, -0.15) is 9.97 Å². The number of amides is 1. The van der Waals surface area contributed by atoms with Crippen LogP contribution in [0.25, 0.3) is 10.8 Å². The molecule has 2 aliphatic rings. The topological polar surface area (TPSA) is 94.1 Å². The number of ether oxygens (including phenoxy) is 1. The maximum Gasteiger partial charge on any atom is 0.318 e. The number of phenolic OH excluding ortho intramolecular Hbond substituents is 1. The summed E-state index contributed by atoms with van der Waals surface area (Å²) in [5.41, 5.74) is 3.09. The summed E-state index contributed by atoms with van der Waals surface area (Å²) in [7, 11) is 0. The zero-order valence-electron chi connectivity index (χ0n) is 24.3. The lowest BCUT2D eigenvalue weighted by molar-refractivity contribution is -0.126. The highest BCUT2D eigenvalue weighted by Crippen LogP contribution is 2.36. The van der Waals surface area contributed by atoms with Gasteiger partial charge in [0.15, 0.2) is 0 Å². The first kappa shape index (κ1) is 28.7. The van der Waals surface area contributed by atoms with Crippen molar-refractivity contribution in [1.29, 1.82) is 0 Å². The van der Waals surface area contributed by atoms with Crippen LogP contribution in [0.3, 0.4) is 0 Å². The Morgan fingerprint density at radius 3 is 2.66 bits per heavy atom. The number of hydrogen-bond donors (Lipinski definition) is 2. The van der Waals surface area contributed by atoms with E-state index < -0.39 is 0 Å². The van der Waals surface area contributed by atoms with Crippen molar-refractivity contribution in [3.63, 3.8) is 0 Å². The molecule has 3 aromatic rings. The lowest BCUT2D eigenvalue weighted by Crippen LogP contribution is -2.49. The minimum Gasteiger partial charge on any atom is -0.508 e. The number of phenols is 1. The van der Waals surface area contributed by atoms with Gasteiger partial charge in [0.2, 0.25) is 5.91 Å². The highest BCUT2D eigenvalue weighted by molar-refractivity contribution is 5.95. The molecule has 1 amide bonds. The monoisotopic (exact) mass is 558 g/mol. The summed E-state index contributed by atoms with van der Waals surface area (Å²) in [4.78, 5) is 28.3. The number of fused-ring (bicyclic) bond motifs is 2. The molecule has 0 spiro atoms. The number of anilines is 2. The van der Waals surface area contributed by atoms with Crippen molar-refractivity contribution < 1.29 is 14.6 Å². The van der Waals surface area contributed by atoms with Gasteiger partial charge in [0.05, 0.1) is 18.8 Å². The van der Waals surface area contributed by atoms with Gasteiger partial charge in [-0.1, -0.05) is 44.7 Å². The Kier molecular flexibility index (Phi) is 9.24. The van der Waals surface area contributed by atoms with Crippen LogP contribution < -0.4 is 19.9 Å². The van der Waals surface area contributed by atoms with E-state index in [0.717, 1.165) is 72.3 Å². The molecular weight excluding hydrogens is 516 g/mol. The Morgan fingerprint density at radius 1 is 1.07 bits per heavy atom. The summed E-state index contributed by atoms with van der Waals surface area (Å²) in [5.74, 6) is 1.14. The fourth-order valence-corrected chi connectivity index (χ4v) is 5.68. The highest BCUT2D eigenvalue weighted by atomic mass is 16.5. The standard InChI is InChI=1S/C32H42N6O3/c1-4-30(40)36-15-17-37(18-16-36)31-27-12-14-38(29-21-25(39)20-24-10-6-7-11-26(24)29)22-28(27)34-32(35-31)41-19-9-5-8-13-33-23(2)3/h4,6-7,10-11,20-21,23,33,39H,1,5,8-9,12-19,22H2,2-3H3. The van der Waals surface area contributed by atoms with Crippen LogP contribution in [0.15, 0.2) is 49.1 Å². The molecule has 0 radical (unpaired) electrons. The number of aromatic hydroxyl groups is 1. The number of aromatic nitrogens is 2. The number of hydrogen-bond acceptors (Lipinski definition) is 8. The van der Waals surface area contributed by atoms with Crippen LogP contribution in [0.1, 0.15) is 44.4 Å². The molecule has 41 heavy (non-hydrogen) atoms. The summed E-state index contributed by atoms with van der Waals surface area (Å²) < 4.78 is 6.13. The molecule has 9 heteroatoms. The van der Waals surface area contributed by atoms with Gasteiger partial charge in [-0.05, 0) is 49.8 Å². The Morgan fingerprint density at radius 2 is 1.88 bits per heavy atom. The van der Waals surface area contributed by atoms with E-state index in [4.69, 9.17) is 14.7 Å². The van der Waals surface area contributed by atoms with Gasteiger partial charge in [-0.3, -0.25) is 4.79 Å². The number of unbranched alkanes of at least 4 members (excludes halogenated alkanes) is 2. The lowest BCUT2D eigenvalue weighted by Gasteiger charge is -2.38. The van der Waals surface area contributed by atoms with Gasteiger partial charge in [0, 0.05) is 61.5 Å². The number of rotatable bonds is 11. The van der Waals surface area contributed by atoms with Gasteiger partial charge >= 0.3 is 6.01 Å². The van der Waals surface area contributed by atoms with Gasteiger partial charge in [-0.25, -0.2) is 0 Å². The minimum atomic E-state index is -0.0315. The molecule has 2 N–H and O–H groups in total. The average molecular weight is 559 g/mol. The molecule has 3 heterocycles. The maximum atomic E-state index is 12.1. The first-order valence-electron chi connectivity index (χ1n) is 14.8. The molecule has 0 atom stereocenters. The average Bonchev–Trinajstić information content (AvgIpc) is 2.99. The van der Waals surface area contributed by atoms with E-state index in [0.29, 0.717) is 51.4 Å². The third-order valence-corrected chi connectivity index (χ3v) is 7.86. The van der Waals surface area contributed by atoms with E-state index >= 15 is 0 Å². The van der Waals surface area contributed by atoms with Gasteiger partial charge in [-0.15, -0.1) is 0 Å². The van der Waals surface area contributed by atoms with Crippen molar-refractivity contribution in [2.75, 3.05) is 55.7 Å². The Balaban J connectivity index is 1.36. The van der Waals surface area contributed by atoms with Gasteiger partial charge in [0.1, 0.15) is 11.6 Å². The normalized spacial score (nSPS) is 15.3. The Labute approximate surface area is 242 Å². The van der Waals surface area contributed by atoms with Crippen molar-refractivity contribution in [2.45, 2.75) is 52.1 Å². The van der Waals surface area contributed by atoms with Crippen LogP contribution in [0, 0.1) is 0 Å². The largest absolute Gasteiger partial charge is 0.508 e. The summed E-state index contributed by atoms with van der Waals surface area (Å²) in [6.45, 7) is 13.6. The van der Waals surface area contributed by atoms with E-state index in [1.165, 1.54) is 6.08 Å². The number of piperazine rings is 1. The van der Waals surface area contributed by atoms with Crippen molar-refractivity contribution in [3.8, 4) is 11.8 Å². The molecule has 0 bridgehead atoms. The van der Waals surface area contributed by atoms with Crippen LogP contribution in [-0.4, -0.2) is 77.8 Å². The fourth-order valence-electron chi connectivity index (χ4n) is 5.68. The second kappa shape index (κ2) is 13.2. The Hall–Kier alpha value is -3.85. The van der Waals surface area contributed by atoms with Gasteiger partial charge in [0.25, 0.3) is 0 Å². The predicted octanol–water partition coefficient (Wildman–Crippen LogP) is 4.28. The zero-order chi connectivity index (χ0) is 28.8. The van der Waals surface area contributed by atoms with E-state index in [9.17, 15) is 9.90 Å². The van der Waals surface area contributed by atoms with Crippen LogP contribution in [0.5, 0.6) is 11.8 Å². The number of benzene rings is 2. The van der Waals surface area contributed by atoms with Crippen LogP contribution in [-0.2, 0) is 17.8 Å². The summed E-state index contributed by atoms with van der Waals surface area (Å²) >= 11 is 0. The van der Waals surface area contributed by atoms with E-state index in [2.05, 4.69) is 41.6 Å². The molecule has 0 aliphatic carbocycles. The lowest BCUT2D eigenvalue weighted by atomic mass is 10.0. The summed E-state index contributed by atoms with van der Waals surface area (Å²) in [6.07, 6.45) is 5.29. The molecule has 0 saturated carbocycles. The number of nitrogens with zero attached hydrogens (tertiary/aromatic N) is 5. The van der Waals surface area contributed by atoms with Crippen molar-refractivity contribution in [2.24, 2.45) is 0 Å². The fraction of sp³-hybridized carbons (Fsp3) is 0.469. The Bertz CT molecular complexity index is 1370. The first-order chi connectivity index (χ1) is 19.9. The van der Waals surface area contributed by atoms with Crippen molar-refractivity contribution >= 4 is 28.2 Å². The summed E-state index contributed by atoms with van der Waals surface area (Å²) in [5, 5.41) is 16.0. The first-order valence-corrected chi connectivity index (χ1v) is 14.8. The highest BCUT2D eigenvalue weighted by Gasteiger charge is 2.29. The third kappa shape index (κ3) is 6.90. The maximum absolute atomic E-state index is 12.1. The van der Waals surface area contributed by atoms with Crippen molar-refractivity contribution in [1.82, 2.24) is 20.2 Å². The second-order valence-electron chi connectivity index (χ2n) is 11.1. The van der Waals surface area contributed by atoms with Crippen molar-refractivity contribution in [3.05, 3.63) is 60.3 Å². The number of carbonyl (C=O) groups is 1. The van der Waals surface area contributed by atoms with Crippen LogP contribution in [0.4, 0.5) is 11.5 Å². The quantitative estimate of drug-likeness (QED) is 0.266. The molecule has 0 unspecified atom stereocenters. The van der Waals surface area contributed by atoms with E-state index in [1.54, 1.807) is 6.07 Å². The van der Waals surface area contributed by atoms with Crippen LogP contribution in [0.2, 0.25) is 0 Å². The second-order valence-corrected chi connectivity index (χ2v) is 11.1. The zero-order valence-corrected chi connectivity index (χ0v) is 24.3. The third-order valence-electron chi connectivity index (χ3n) is 7.86. The van der Waals surface area contributed by atoms with E-state index in [1.807, 2.05) is 29.2 Å². The number of carbonyl (C=O) groups excluding carboxylic acids is 1. The molecule has 5 rings (SSSR count). The molecule has 2 aromatic carbocycles. The van der Waals surface area contributed by atoms with E-state index in [-0.39, 0.29) is 11.7 Å². The molecule has 2 aliphatic heterocycles. The van der Waals surface area contributed by atoms with Gasteiger partial charge < -0.3 is 29.9 Å². The molecule has 1 aromatic heterocycles. The predicted molar refractivity (Wildman–Crippen MR) is 164 cm³/mol. The molecular formula is C32H42N6O3.